The zero-order valence-electron chi connectivity index (χ0n) is 19.6. The maximum atomic E-state index is 13.0. The van der Waals surface area contributed by atoms with Crippen molar-refractivity contribution < 1.29 is 22.7 Å². The maximum Gasteiger partial charge on any atom is 0.414 e. The first-order valence-corrected chi connectivity index (χ1v) is 13.6. The average molecular weight is 489 g/mol. The summed E-state index contributed by atoms with van der Waals surface area (Å²) >= 11 is 0. The van der Waals surface area contributed by atoms with Crippen LogP contribution in [0.15, 0.2) is 29.4 Å². The van der Waals surface area contributed by atoms with E-state index in [-0.39, 0.29) is 35.6 Å². The van der Waals surface area contributed by atoms with Crippen molar-refractivity contribution in [2.24, 2.45) is 10.7 Å². The standard InChI is InChI=1S/C24H32N4O5S/c1-16-15-27(24(30)33-21-4-3-5-21)23-12-18(6-7-22(23)28(16)17(2)29)19(13-25)14-26-20-8-10-34(31,32)11-9-20/h6-7,12-14,16,20-21H,3-5,8-11,15,25H2,1-2H3/t16-/m0/s1. The fourth-order valence-electron chi connectivity index (χ4n) is 4.58. The third-order valence-electron chi connectivity index (χ3n) is 6.75. The number of amides is 2. The highest BCUT2D eigenvalue weighted by atomic mass is 32.2. The van der Waals surface area contributed by atoms with Crippen LogP contribution in [0.3, 0.4) is 0 Å². The van der Waals surface area contributed by atoms with Crippen molar-refractivity contribution in [3.8, 4) is 0 Å². The third-order valence-corrected chi connectivity index (χ3v) is 8.47. The van der Waals surface area contributed by atoms with Crippen LogP contribution in [-0.2, 0) is 19.4 Å². The zero-order valence-corrected chi connectivity index (χ0v) is 20.5. The molecule has 34 heavy (non-hydrogen) atoms. The van der Waals surface area contributed by atoms with Gasteiger partial charge in [-0.25, -0.2) is 13.2 Å². The summed E-state index contributed by atoms with van der Waals surface area (Å²) in [5.41, 5.74) is 8.53. The van der Waals surface area contributed by atoms with Crippen molar-refractivity contribution in [2.75, 3.05) is 27.9 Å². The Labute approximate surface area is 200 Å². The Bertz CT molecular complexity index is 1110. The van der Waals surface area contributed by atoms with Gasteiger partial charge in [0.15, 0.2) is 0 Å². The van der Waals surface area contributed by atoms with Gasteiger partial charge in [0, 0.05) is 31.5 Å². The molecule has 0 spiro atoms. The number of hydrogen-bond acceptors (Lipinski definition) is 7. The number of nitrogens with two attached hydrogens (primary N) is 1. The summed E-state index contributed by atoms with van der Waals surface area (Å²) in [6.45, 7) is 3.75. The molecular formula is C24H32N4O5S. The molecule has 1 saturated carbocycles. The topological polar surface area (TPSA) is 122 Å². The van der Waals surface area contributed by atoms with Gasteiger partial charge in [0.1, 0.15) is 15.9 Å². The van der Waals surface area contributed by atoms with E-state index < -0.39 is 15.9 Å². The lowest BCUT2D eigenvalue weighted by Gasteiger charge is -2.41. The number of anilines is 2. The van der Waals surface area contributed by atoms with Gasteiger partial charge < -0.3 is 15.4 Å². The first kappa shape index (κ1) is 24.3. The highest BCUT2D eigenvalue weighted by Crippen LogP contribution is 2.38. The first-order valence-electron chi connectivity index (χ1n) is 11.8. The molecule has 1 aromatic carbocycles. The van der Waals surface area contributed by atoms with Crippen molar-refractivity contribution in [3.63, 3.8) is 0 Å². The molecule has 1 aromatic rings. The van der Waals surface area contributed by atoms with Gasteiger partial charge in [-0.2, -0.15) is 0 Å². The molecule has 0 radical (unpaired) electrons. The predicted molar refractivity (Wildman–Crippen MR) is 133 cm³/mol. The van der Waals surface area contributed by atoms with Gasteiger partial charge in [-0.3, -0.25) is 14.7 Å². The summed E-state index contributed by atoms with van der Waals surface area (Å²) < 4.78 is 29.0. The van der Waals surface area contributed by atoms with Crippen LogP contribution in [-0.4, -0.2) is 62.9 Å². The molecule has 2 fully saturated rings. The van der Waals surface area contributed by atoms with Crippen LogP contribution in [0.25, 0.3) is 5.57 Å². The number of carbonyl (C=O) groups is 2. The Hall–Kier alpha value is -2.88. The molecule has 1 atom stereocenters. The maximum absolute atomic E-state index is 13.0. The van der Waals surface area contributed by atoms with E-state index in [1.807, 2.05) is 25.1 Å². The summed E-state index contributed by atoms with van der Waals surface area (Å²) in [5, 5.41) is 0. The van der Waals surface area contributed by atoms with Gasteiger partial charge in [-0.1, -0.05) is 6.07 Å². The number of hydrogen-bond donors (Lipinski definition) is 1. The molecule has 2 aliphatic heterocycles. The van der Waals surface area contributed by atoms with Gasteiger partial charge in [-0.05, 0) is 56.7 Å². The summed E-state index contributed by atoms with van der Waals surface area (Å²) in [6, 6.07) is 5.22. The van der Waals surface area contributed by atoms with Crippen molar-refractivity contribution >= 4 is 45.0 Å². The van der Waals surface area contributed by atoms with Crippen molar-refractivity contribution in [1.82, 2.24) is 0 Å². The number of rotatable bonds is 4. The highest BCUT2D eigenvalue weighted by Gasteiger charge is 2.36. The largest absolute Gasteiger partial charge is 0.446 e. The van der Waals surface area contributed by atoms with Gasteiger partial charge in [-0.15, -0.1) is 0 Å². The molecule has 2 heterocycles. The van der Waals surface area contributed by atoms with Crippen LogP contribution in [0.1, 0.15) is 51.5 Å². The first-order chi connectivity index (χ1) is 16.2. The third kappa shape index (κ3) is 5.11. The van der Waals surface area contributed by atoms with E-state index in [4.69, 9.17) is 10.5 Å². The molecule has 1 aliphatic carbocycles. The number of ether oxygens (including phenoxy) is 1. The van der Waals surface area contributed by atoms with Crippen LogP contribution in [0.5, 0.6) is 0 Å². The van der Waals surface area contributed by atoms with E-state index in [0.717, 1.165) is 24.8 Å². The number of fused-ring (bicyclic) bond motifs is 1. The van der Waals surface area contributed by atoms with E-state index in [2.05, 4.69) is 4.99 Å². The van der Waals surface area contributed by atoms with Gasteiger partial charge in [0.05, 0.1) is 35.0 Å². The lowest BCUT2D eigenvalue weighted by Crippen LogP contribution is -2.52. The number of aliphatic imine (C=N–C) groups is 1. The number of nitrogens with zero attached hydrogens (tertiary/aromatic N) is 3. The molecule has 10 heteroatoms. The van der Waals surface area contributed by atoms with Crippen LogP contribution < -0.4 is 15.5 Å². The van der Waals surface area contributed by atoms with Crippen molar-refractivity contribution in [1.29, 1.82) is 0 Å². The molecule has 3 aliphatic rings. The van der Waals surface area contributed by atoms with Crippen LogP contribution >= 0.6 is 0 Å². The summed E-state index contributed by atoms with van der Waals surface area (Å²) in [5.74, 6) is 0.191. The minimum absolute atomic E-state index is 0.0498. The van der Waals surface area contributed by atoms with Crippen molar-refractivity contribution in [2.45, 2.75) is 64.1 Å². The molecule has 0 aromatic heterocycles. The van der Waals surface area contributed by atoms with E-state index >= 15 is 0 Å². The zero-order chi connectivity index (χ0) is 24.5. The molecule has 9 nitrogen and oxygen atoms in total. The normalized spacial score (nSPS) is 23.5. The fraction of sp³-hybridized carbons (Fsp3) is 0.542. The molecule has 0 unspecified atom stereocenters. The summed E-state index contributed by atoms with van der Waals surface area (Å²) in [6.07, 6.45) is 6.44. The van der Waals surface area contributed by atoms with Crippen molar-refractivity contribution in [3.05, 3.63) is 30.0 Å². The summed E-state index contributed by atoms with van der Waals surface area (Å²) in [4.78, 5) is 33.2. The molecule has 0 bridgehead atoms. The Kier molecular flexibility index (Phi) is 6.97. The number of allylic oxidation sites excluding steroid dienone is 1. The van der Waals surface area contributed by atoms with Crippen LogP contribution in [0.2, 0.25) is 0 Å². The summed E-state index contributed by atoms with van der Waals surface area (Å²) in [7, 11) is -2.95. The Balaban J connectivity index is 1.62. The van der Waals surface area contributed by atoms with Crippen LogP contribution in [0, 0.1) is 0 Å². The second-order valence-corrected chi connectivity index (χ2v) is 11.6. The quantitative estimate of drug-likeness (QED) is 0.650. The lowest BCUT2D eigenvalue weighted by molar-refractivity contribution is -0.117. The van der Waals surface area contributed by atoms with E-state index in [1.54, 1.807) is 16.0 Å². The van der Waals surface area contributed by atoms with Gasteiger partial charge in [0.25, 0.3) is 0 Å². The minimum atomic E-state index is -2.95. The van der Waals surface area contributed by atoms with Gasteiger partial charge >= 0.3 is 6.09 Å². The van der Waals surface area contributed by atoms with Gasteiger partial charge in [0.2, 0.25) is 5.91 Å². The number of benzene rings is 1. The molecule has 2 amide bonds. The Morgan fingerprint density at radius 2 is 1.85 bits per heavy atom. The lowest BCUT2D eigenvalue weighted by atomic mass is 9.96. The SMILES string of the molecule is CC(=O)N1c2ccc(C(C=NC3CCS(=O)(=O)CC3)=CN)cc2N(C(=O)OC2CCC2)C[C@@H]1C. The Morgan fingerprint density at radius 3 is 2.44 bits per heavy atom. The number of carbonyl (C=O) groups excluding carboxylic acids is 2. The second-order valence-electron chi connectivity index (χ2n) is 9.27. The molecular weight excluding hydrogens is 456 g/mol. The van der Waals surface area contributed by atoms with E-state index in [1.165, 1.54) is 13.1 Å². The fourth-order valence-corrected chi connectivity index (χ4v) is 6.04. The van der Waals surface area contributed by atoms with E-state index in [0.29, 0.717) is 36.3 Å². The average Bonchev–Trinajstić information content (AvgIpc) is 2.76. The minimum Gasteiger partial charge on any atom is -0.446 e. The van der Waals surface area contributed by atoms with Crippen LogP contribution in [0.4, 0.5) is 16.2 Å². The molecule has 4 rings (SSSR count). The highest BCUT2D eigenvalue weighted by molar-refractivity contribution is 7.91. The molecule has 184 valence electrons. The smallest absolute Gasteiger partial charge is 0.414 e. The Morgan fingerprint density at radius 1 is 1.15 bits per heavy atom. The molecule has 1 saturated heterocycles. The second kappa shape index (κ2) is 9.77. The predicted octanol–water partition coefficient (Wildman–Crippen LogP) is 2.88. The molecule has 2 N–H and O–H groups in total. The van der Waals surface area contributed by atoms with E-state index in [9.17, 15) is 18.0 Å². The monoisotopic (exact) mass is 488 g/mol. The number of sulfone groups is 1.